The Balaban J connectivity index is 1.57. The molecule has 0 aliphatic carbocycles. The largest absolute Gasteiger partial charge is 0.396 e. The van der Waals surface area contributed by atoms with E-state index in [9.17, 15) is 0 Å². The van der Waals surface area contributed by atoms with Crippen LogP contribution in [0.5, 0.6) is 0 Å². The molecule has 5 nitrogen and oxygen atoms in total. The highest BCUT2D eigenvalue weighted by molar-refractivity contribution is 5.30. The minimum absolute atomic E-state index is 0.0106. The second kappa shape index (κ2) is 5.86. The molecule has 1 saturated heterocycles. The van der Waals surface area contributed by atoms with Gasteiger partial charge >= 0.3 is 0 Å². The standard InChI is InChI=1S/C11H19N3O2/c12-10-8-13-14(9-10)5-3-7-16-11-4-1-2-6-15-11/h8-9,11H,1-7,12H2. The third-order valence-corrected chi connectivity index (χ3v) is 2.63. The smallest absolute Gasteiger partial charge is 0.157 e. The monoisotopic (exact) mass is 225 g/mol. The minimum Gasteiger partial charge on any atom is -0.396 e. The van der Waals surface area contributed by atoms with Crippen LogP contribution in [0, 0.1) is 0 Å². The van der Waals surface area contributed by atoms with Crippen LogP contribution in [0.25, 0.3) is 0 Å². The average Bonchev–Trinajstić information content (AvgIpc) is 2.72. The number of anilines is 1. The maximum atomic E-state index is 5.62. The quantitative estimate of drug-likeness (QED) is 0.769. The molecule has 0 bridgehead atoms. The maximum Gasteiger partial charge on any atom is 0.157 e. The number of nitrogen functional groups attached to an aromatic ring is 1. The van der Waals surface area contributed by atoms with Crippen molar-refractivity contribution in [2.75, 3.05) is 18.9 Å². The molecule has 1 unspecified atom stereocenters. The minimum atomic E-state index is 0.0106. The summed E-state index contributed by atoms with van der Waals surface area (Å²) in [6.45, 7) is 2.38. The summed E-state index contributed by atoms with van der Waals surface area (Å²) < 4.78 is 12.9. The molecule has 0 amide bonds. The van der Waals surface area contributed by atoms with Crippen molar-refractivity contribution in [2.24, 2.45) is 0 Å². The summed E-state index contributed by atoms with van der Waals surface area (Å²) in [5.74, 6) is 0. The Morgan fingerprint density at radius 1 is 1.56 bits per heavy atom. The van der Waals surface area contributed by atoms with E-state index in [4.69, 9.17) is 15.2 Å². The number of hydrogen-bond donors (Lipinski definition) is 1. The number of hydrogen-bond acceptors (Lipinski definition) is 4. The van der Waals surface area contributed by atoms with Gasteiger partial charge in [0, 0.05) is 19.3 Å². The van der Waals surface area contributed by atoms with Crippen molar-refractivity contribution in [3.8, 4) is 0 Å². The van der Waals surface area contributed by atoms with Crippen molar-refractivity contribution in [3.63, 3.8) is 0 Å². The third-order valence-electron chi connectivity index (χ3n) is 2.63. The van der Waals surface area contributed by atoms with E-state index in [0.29, 0.717) is 12.3 Å². The summed E-state index contributed by atoms with van der Waals surface area (Å²) in [5.41, 5.74) is 6.27. The number of ether oxygens (including phenoxy) is 2. The van der Waals surface area contributed by atoms with E-state index in [1.54, 1.807) is 6.20 Å². The molecular formula is C11H19N3O2. The molecule has 2 rings (SSSR count). The lowest BCUT2D eigenvalue weighted by Gasteiger charge is -2.22. The molecular weight excluding hydrogens is 206 g/mol. The van der Waals surface area contributed by atoms with Crippen molar-refractivity contribution >= 4 is 5.69 Å². The SMILES string of the molecule is Nc1cnn(CCCOC2CCCCO2)c1. The molecule has 1 atom stereocenters. The van der Waals surface area contributed by atoms with Crippen LogP contribution in [0.4, 0.5) is 5.69 Å². The fraction of sp³-hybridized carbons (Fsp3) is 0.727. The van der Waals surface area contributed by atoms with E-state index in [1.165, 1.54) is 6.42 Å². The Labute approximate surface area is 95.5 Å². The molecule has 16 heavy (non-hydrogen) atoms. The first kappa shape index (κ1) is 11.4. The Kier molecular flexibility index (Phi) is 4.18. The van der Waals surface area contributed by atoms with Crippen LogP contribution < -0.4 is 5.73 Å². The number of aryl methyl sites for hydroxylation is 1. The van der Waals surface area contributed by atoms with Gasteiger partial charge in [-0.15, -0.1) is 0 Å². The molecule has 1 aromatic rings. The van der Waals surface area contributed by atoms with Gasteiger partial charge in [0.2, 0.25) is 0 Å². The normalized spacial score (nSPS) is 21.1. The molecule has 1 fully saturated rings. The Morgan fingerprint density at radius 3 is 3.19 bits per heavy atom. The molecule has 0 spiro atoms. The summed E-state index contributed by atoms with van der Waals surface area (Å²) >= 11 is 0. The molecule has 90 valence electrons. The predicted molar refractivity (Wildman–Crippen MR) is 60.8 cm³/mol. The van der Waals surface area contributed by atoms with Crippen LogP contribution >= 0.6 is 0 Å². The van der Waals surface area contributed by atoms with Crippen molar-refractivity contribution < 1.29 is 9.47 Å². The van der Waals surface area contributed by atoms with Gasteiger partial charge in [-0.25, -0.2) is 0 Å². The van der Waals surface area contributed by atoms with E-state index in [0.717, 1.165) is 32.4 Å². The molecule has 1 aromatic heterocycles. The van der Waals surface area contributed by atoms with Crippen LogP contribution in [0.3, 0.4) is 0 Å². The zero-order valence-corrected chi connectivity index (χ0v) is 9.47. The highest BCUT2D eigenvalue weighted by Crippen LogP contribution is 2.13. The lowest BCUT2D eigenvalue weighted by molar-refractivity contribution is -0.163. The first-order chi connectivity index (χ1) is 7.84. The van der Waals surface area contributed by atoms with Crippen molar-refractivity contribution in [3.05, 3.63) is 12.4 Å². The average molecular weight is 225 g/mol. The highest BCUT2D eigenvalue weighted by Gasteiger charge is 2.13. The molecule has 0 radical (unpaired) electrons. The number of aromatic nitrogens is 2. The summed E-state index contributed by atoms with van der Waals surface area (Å²) in [4.78, 5) is 0. The fourth-order valence-electron chi connectivity index (χ4n) is 1.79. The molecule has 1 aliphatic heterocycles. The Morgan fingerprint density at radius 2 is 2.50 bits per heavy atom. The zero-order valence-electron chi connectivity index (χ0n) is 9.47. The second-order valence-electron chi connectivity index (χ2n) is 4.06. The molecule has 0 aromatic carbocycles. The van der Waals surface area contributed by atoms with Crippen molar-refractivity contribution in [2.45, 2.75) is 38.5 Å². The molecule has 2 heterocycles. The van der Waals surface area contributed by atoms with E-state index in [2.05, 4.69) is 5.10 Å². The lowest BCUT2D eigenvalue weighted by atomic mass is 10.2. The summed E-state index contributed by atoms with van der Waals surface area (Å²) in [6.07, 6.45) is 7.82. The topological polar surface area (TPSA) is 62.3 Å². The number of rotatable bonds is 5. The fourth-order valence-corrected chi connectivity index (χ4v) is 1.79. The predicted octanol–water partition coefficient (Wildman–Crippen LogP) is 1.40. The number of nitrogens with zero attached hydrogens (tertiary/aromatic N) is 2. The van der Waals surface area contributed by atoms with E-state index >= 15 is 0 Å². The zero-order chi connectivity index (χ0) is 11.2. The third kappa shape index (κ3) is 3.50. The van der Waals surface area contributed by atoms with Gasteiger partial charge in [0.1, 0.15) is 0 Å². The first-order valence-electron chi connectivity index (χ1n) is 5.86. The van der Waals surface area contributed by atoms with Gasteiger partial charge in [-0.3, -0.25) is 4.68 Å². The first-order valence-corrected chi connectivity index (χ1v) is 5.86. The van der Waals surface area contributed by atoms with Gasteiger partial charge in [0.05, 0.1) is 18.5 Å². The molecule has 2 N–H and O–H groups in total. The lowest BCUT2D eigenvalue weighted by Crippen LogP contribution is -2.23. The molecule has 0 saturated carbocycles. The molecule has 5 heteroatoms. The van der Waals surface area contributed by atoms with Crippen LogP contribution in [-0.4, -0.2) is 29.3 Å². The van der Waals surface area contributed by atoms with Crippen molar-refractivity contribution in [1.82, 2.24) is 9.78 Å². The van der Waals surface area contributed by atoms with Crippen LogP contribution in [-0.2, 0) is 16.0 Å². The van der Waals surface area contributed by atoms with Gasteiger partial charge in [0.25, 0.3) is 0 Å². The van der Waals surface area contributed by atoms with Crippen LogP contribution in [0.15, 0.2) is 12.4 Å². The summed E-state index contributed by atoms with van der Waals surface area (Å²) in [6, 6.07) is 0. The number of nitrogens with two attached hydrogens (primary N) is 1. The maximum absolute atomic E-state index is 5.62. The van der Waals surface area contributed by atoms with E-state index in [1.807, 2.05) is 10.9 Å². The van der Waals surface area contributed by atoms with Crippen molar-refractivity contribution in [1.29, 1.82) is 0 Å². The summed E-state index contributed by atoms with van der Waals surface area (Å²) in [7, 11) is 0. The van der Waals surface area contributed by atoms with Gasteiger partial charge in [-0.05, 0) is 25.7 Å². The summed E-state index contributed by atoms with van der Waals surface area (Å²) in [5, 5.41) is 4.10. The Bertz CT molecular complexity index is 308. The van der Waals surface area contributed by atoms with Gasteiger partial charge in [0.15, 0.2) is 6.29 Å². The molecule has 1 aliphatic rings. The van der Waals surface area contributed by atoms with Crippen LogP contribution in [0.1, 0.15) is 25.7 Å². The second-order valence-corrected chi connectivity index (χ2v) is 4.06. The Hall–Kier alpha value is -1.07. The van der Waals surface area contributed by atoms with Gasteiger partial charge < -0.3 is 15.2 Å². The van der Waals surface area contributed by atoms with Gasteiger partial charge in [-0.1, -0.05) is 0 Å². The van der Waals surface area contributed by atoms with Crippen LogP contribution in [0.2, 0.25) is 0 Å². The highest BCUT2D eigenvalue weighted by atomic mass is 16.7. The van der Waals surface area contributed by atoms with E-state index < -0.39 is 0 Å². The van der Waals surface area contributed by atoms with E-state index in [-0.39, 0.29) is 6.29 Å². The van der Waals surface area contributed by atoms with Gasteiger partial charge in [-0.2, -0.15) is 5.10 Å².